The molecule has 0 spiro atoms. The van der Waals surface area contributed by atoms with Crippen molar-refractivity contribution in [3.63, 3.8) is 0 Å². The maximum absolute atomic E-state index is 11.8. The predicted molar refractivity (Wildman–Crippen MR) is 108 cm³/mol. The maximum atomic E-state index is 11.8. The Hall–Kier alpha value is -0.570. The average Bonchev–Trinajstić information content (AvgIpc) is 2.53. The van der Waals surface area contributed by atoms with Crippen LogP contribution in [0.15, 0.2) is 4.99 Å². The third-order valence-electron chi connectivity index (χ3n) is 4.64. The smallest absolute Gasteiger partial charge is 0.243 e. The fourth-order valence-electron chi connectivity index (χ4n) is 3.18. The second kappa shape index (κ2) is 11.1. The zero-order valence-electron chi connectivity index (χ0n) is 15.2. The van der Waals surface area contributed by atoms with Crippen LogP contribution in [0.1, 0.15) is 51.9 Å². The highest BCUT2D eigenvalue weighted by Crippen LogP contribution is 2.18. The van der Waals surface area contributed by atoms with Crippen molar-refractivity contribution >= 4 is 35.8 Å². The molecule has 1 aliphatic heterocycles. The minimum atomic E-state index is 0. The molecule has 2 unspecified atom stereocenters. The third-order valence-corrected chi connectivity index (χ3v) is 4.64. The number of amides is 1. The van der Waals surface area contributed by atoms with E-state index < -0.39 is 0 Å². The third kappa shape index (κ3) is 7.55. The molecule has 0 aromatic heterocycles. The average molecular weight is 452 g/mol. The van der Waals surface area contributed by atoms with Crippen LogP contribution >= 0.6 is 24.0 Å². The van der Waals surface area contributed by atoms with Gasteiger partial charge in [-0.15, -0.1) is 24.0 Å². The van der Waals surface area contributed by atoms with Crippen molar-refractivity contribution in [2.24, 2.45) is 4.99 Å². The Morgan fingerprint density at radius 2 is 1.79 bits per heavy atom. The summed E-state index contributed by atoms with van der Waals surface area (Å²) in [5, 5.41) is 7.06. The molecule has 1 amide bonds. The van der Waals surface area contributed by atoms with E-state index in [0.29, 0.717) is 12.1 Å². The van der Waals surface area contributed by atoms with Gasteiger partial charge in [-0.3, -0.25) is 4.79 Å². The van der Waals surface area contributed by atoms with E-state index in [1.54, 1.807) is 19.0 Å². The van der Waals surface area contributed by atoms with Crippen LogP contribution in [0.3, 0.4) is 0 Å². The van der Waals surface area contributed by atoms with Gasteiger partial charge in [0.2, 0.25) is 5.91 Å². The minimum absolute atomic E-state index is 0. The van der Waals surface area contributed by atoms with Crippen LogP contribution in [0.5, 0.6) is 0 Å². The molecule has 1 saturated carbocycles. The molecule has 2 aliphatic rings. The van der Waals surface area contributed by atoms with Crippen LogP contribution in [-0.4, -0.2) is 62.2 Å². The zero-order chi connectivity index (χ0) is 16.7. The highest BCUT2D eigenvalue weighted by molar-refractivity contribution is 14.0. The van der Waals surface area contributed by atoms with Gasteiger partial charge >= 0.3 is 0 Å². The van der Waals surface area contributed by atoms with E-state index in [-0.39, 0.29) is 42.5 Å². The molecule has 0 aromatic rings. The van der Waals surface area contributed by atoms with Gasteiger partial charge in [0.15, 0.2) is 5.96 Å². The monoisotopic (exact) mass is 452 g/mol. The topological polar surface area (TPSA) is 66.0 Å². The number of carbonyl (C=O) groups is 1. The summed E-state index contributed by atoms with van der Waals surface area (Å²) in [6, 6.07) is 0.838. The van der Waals surface area contributed by atoms with E-state index in [1.807, 2.05) is 0 Å². The zero-order valence-corrected chi connectivity index (χ0v) is 17.5. The lowest BCUT2D eigenvalue weighted by molar-refractivity contribution is -0.127. The summed E-state index contributed by atoms with van der Waals surface area (Å²) in [6.07, 6.45) is 8.49. The molecule has 1 aliphatic carbocycles. The Kier molecular flexibility index (Phi) is 9.95. The van der Waals surface area contributed by atoms with Gasteiger partial charge in [0.05, 0.1) is 6.10 Å². The maximum Gasteiger partial charge on any atom is 0.243 e. The van der Waals surface area contributed by atoms with Crippen LogP contribution in [0, 0.1) is 0 Å². The number of hydrogen-bond donors (Lipinski definition) is 2. The Labute approximate surface area is 163 Å². The number of ether oxygens (including phenoxy) is 1. The van der Waals surface area contributed by atoms with Gasteiger partial charge in [-0.25, -0.2) is 4.99 Å². The van der Waals surface area contributed by atoms with Gasteiger partial charge in [0, 0.05) is 32.8 Å². The first-order valence-corrected chi connectivity index (χ1v) is 8.94. The molecule has 6 nitrogen and oxygen atoms in total. The van der Waals surface area contributed by atoms with Crippen molar-refractivity contribution in [3.05, 3.63) is 0 Å². The van der Waals surface area contributed by atoms with Gasteiger partial charge in [-0.1, -0.05) is 19.3 Å². The summed E-state index contributed by atoms with van der Waals surface area (Å²) >= 11 is 0. The van der Waals surface area contributed by atoms with Crippen LogP contribution in [0.2, 0.25) is 0 Å². The van der Waals surface area contributed by atoms with Crippen LogP contribution in [0.25, 0.3) is 0 Å². The van der Waals surface area contributed by atoms with Crippen molar-refractivity contribution in [1.29, 1.82) is 0 Å². The summed E-state index contributed by atoms with van der Waals surface area (Å²) < 4.78 is 5.61. The van der Waals surface area contributed by atoms with E-state index in [1.165, 1.54) is 32.1 Å². The van der Waals surface area contributed by atoms with E-state index in [9.17, 15) is 4.79 Å². The number of halogens is 1. The van der Waals surface area contributed by atoms with E-state index >= 15 is 0 Å². The molecule has 2 rings (SSSR count). The van der Waals surface area contributed by atoms with Crippen molar-refractivity contribution in [2.75, 3.05) is 27.2 Å². The Morgan fingerprint density at radius 1 is 1.12 bits per heavy atom. The molecule has 0 bridgehead atoms. The number of aliphatic imine (C=N–C) groups is 1. The number of nitrogens with one attached hydrogen (secondary N) is 2. The second-order valence-electron chi connectivity index (χ2n) is 6.98. The molecular weight excluding hydrogens is 419 g/mol. The normalized spacial score (nSPS) is 25.5. The van der Waals surface area contributed by atoms with Crippen molar-refractivity contribution in [2.45, 2.75) is 70.1 Å². The molecule has 0 radical (unpaired) electrons. The largest absolute Gasteiger partial charge is 0.378 e. The number of likely N-dealkylation sites (N-methyl/N-ethyl adjacent to an activating group) is 1. The van der Waals surface area contributed by atoms with Crippen molar-refractivity contribution in [3.8, 4) is 0 Å². The predicted octanol–water partition coefficient (Wildman–Crippen LogP) is 2.13. The molecule has 1 saturated heterocycles. The van der Waals surface area contributed by atoms with Crippen molar-refractivity contribution < 1.29 is 9.53 Å². The standard InChI is InChI=1S/C17H32N4O2.HI/c1-13-11-15(9-10-23-13)20-17(18-12-16(22)21(2)3)19-14-7-5-4-6-8-14;/h13-15H,4-12H2,1-3H3,(H2,18,19,20);1H. The van der Waals surface area contributed by atoms with Crippen LogP contribution in [-0.2, 0) is 9.53 Å². The number of guanidine groups is 1. The van der Waals surface area contributed by atoms with Gasteiger partial charge in [-0.2, -0.15) is 0 Å². The lowest BCUT2D eigenvalue weighted by Gasteiger charge is -2.31. The highest BCUT2D eigenvalue weighted by Gasteiger charge is 2.22. The van der Waals surface area contributed by atoms with Crippen LogP contribution < -0.4 is 10.6 Å². The lowest BCUT2D eigenvalue weighted by atomic mass is 9.95. The summed E-state index contributed by atoms with van der Waals surface area (Å²) in [7, 11) is 3.53. The summed E-state index contributed by atoms with van der Waals surface area (Å²) in [5.74, 6) is 0.807. The molecular formula is C17H33IN4O2. The number of hydrogen-bond acceptors (Lipinski definition) is 3. The Balaban J connectivity index is 0.00000288. The molecule has 2 atom stereocenters. The quantitative estimate of drug-likeness (QED) is 0.390. The lowest BCUT2D eigenvalue weighted by Crippen LogP contribution is -2.50. The first-order valence-electron chi connectivity index (χ1n) is 8.94. The van der Waals surface area contributed by atoms with E-state index in [2.05, 4.69) is 22.5 Å². The van der Waals surface area contributed by atoms with E-state index in [4.69, 9.17) is 4.74 Å². The summed E-state index contributed by atoms with van der Waals surface area (Å²) in [5.41, 5.74) is 0. The molecule has 0 aromatic carbocycles. The molecule has 2 fully saturated rings. The molecule has 140 valence electrons. The highest BCUT2D eigenvalue weighted by atomic mass is 127. The van der Waals surface area contributed by atoms with E-state index in [0.717, 1.165) is 25.4 Å². The van der Waals surface area contributed by atoms with Crippen LogP contribution in [0.4, 0.5) is 0 Å². The molecule has 1 heterocycles. The Morgan fingerprint density at radius 3 is 2.42 bits per heavy atom. The van der Waals surface area contributed by atoms with Gasteiger partial charge < -0.3 is 20.3 Å². The number of carbonyl (C=O) groups excluding carboxylic acids is 1. The SMILES string of the molecule is CC1CC(NC(=NCC(=O)N(C)C)NC2CCCCC2)CCO1.I. The molecule has 2 N–H and O–H groups in total. The fraction of sp³-hybridized carbons (Fsp3) is 0.882. The molecule has 7 heteroatoms. The molecule has 24 heavy (non-hydrogen) atoms. The van der Waals surface area contributed by atoms with Gasteiger partial charge in [-0.05, 0) is 32.6 Å². The number of nitrogens with zero attached hydrogens (tertiary/aromatic N) is 2. The fourth-order valence-corrected chi connectivity index (χ4v) is 3.18. The minimum Gasteiger partial charge on any atom is -0.378 e. The number of rotatable bonds is 4. The van der Waals surface area contributed by atoms with Crippen molar-refractivity contribution in [1.82, 2.24) is 15.5 Å². The first-order chi connectivity index (χ1) is 11.0. The Bertz CT molecular complexity index is 411. The van der Waals surface area contributed by atoms with Gasteiger partial charge in [0.1, 0.15) is 6.54 Å². The summed E-state index contributed by atoms with van der Waals surface area (Å²) in [6.45, 7) is 3.08. The van der Waals surface area contributed by atoms with Gasteiger partial charge in [0.25, 0.3) is 0 Å². The second-order valence-corrected chi connectivity index (χ2v) is 6.98. The first kappa shape index (κ1) is 21.5. The summed E-state index contributed by atoms with van der Waals surface area (Å²) in [4.78, 5) is 17.9.